The molecule has 2 amide bonds. The van der Waals surface area contributed by atoms with Crippen LogP contribution in [0.5, 0.6) is 0 Å². The third-order valence-corrected chi connectivity index (χ3v) is 8.14. The van der Waals surface area contributed by atoms with E-state index in [2.05, 4.69) is 36.5 Å². The molecule has 290 valence electrons. The molecule has 10 N–H and O–H groups in total. The molecule has 0 spiro atoms. The van der Waals surface area contributed by atoms with E-state index in [4.69, 9.17) is 31.6 Å². The molecular weight excluding hydrogens is 710 g/mol. The number of aryl methyl sites for hydroxylation is 2. The summed E-state index contributed by atoms with van der Waals surface area (Å²) < 4.78 is 12.8. The van der Waals surface area contributed by atoms with Gasteiger partial charge in [0.05, 0.1) is 30.9 Å². The van der Waals surface area contributed by atoms with Gasteiger partial charge in [-0.25, -0.2) is 9.59 Å². The number of H-pyrrole nitrogens is 2. The highest BCUT2D eigenvalue weighted by Gasteiger charge is 2.45. The lowest BCUT2D eigenvalue weighted by Gasteiger charge is -2.15. The second kappa shape index (κ2) is 20.2. The summed E-state index contributed by atoms with van der Waals surface area (Å²) in [4.78, 5) is 78.0. The Bertz CT molecular complexity index is 1900. The summed E-state index contributed by atoms with van der Waals surface area (Å²) >= 11 is 0. The first-order valence-corrected chi connectivity index (χ1v) is 16.2. The minimum atomic E-state index is -1.46. The van der Waals surface area contributed by atoms with E-state index in [-0.39, 0.29) is 62.0 Å². The van der Waals surface area contributed by atoms with Crippen molar-refractivity contribution in [1.82, 2.24) is 29.7 Å². The maximum Gasteiger partial charge on any atom is 0.328 e. The van der Waals surface area contributed by atoms with Crippen LogP contribution in [0, 0.1) is 12.3 Å². The minimum Gasteiger partial charge on any atom is -0.394 e. The maximum absolute atomic E-state index is 12.1. The summed E-state index contributed by atoms with van der Waals surface area (Å²) in [6, 6.07) is 0. The number of aromatic amines is 2. The van der Waals surface area contributed by atoms with Crippen molar-refractivity contribution in [2.24, 2.45) is 5.11 Å². The number of aliphatic hydroxyl groups excluding tert-OH is 6. The molecule has 4 heterocycles. The Morgan fingerprint density at radius 2 is 1.28 bits per heavy atom. The largest absolute Gasteiger partial charge is 0.394 e. The Hall–Kier alpha value is -5.15. The van der Waals surface area contributed by atoms with Gasteiger partial charge in [0.25, 0.3) is 11.1 Å². The zero-order valence-electron chi connectivity index (χ0n) is 28.1. The van der Waals surface area contributed by atoms with Crippen LogP contribution in [-0.2, 0) is 32.2 Å². The summed E-state index contributed by atoms with van der Waals surface area (Å²) in [7, 11) is 0. The number of nitrogens with zero attached hydrogens (tertiary/aromatic N) is 5. The minimum absolute atomic E-state index is 0.0339. The Morgan fingerprint density at radius 3 is 1.68 bits per heavy atom. The van der Waals surface area contributed by atoms with E-state index in [1.165, 1.54) is 0 Å². The predicted molar refractivity (Wildman–Crippen MR) is 179 cm³/mol. The summed E-state index contributed by atoms with van der Waals surface area (Å²) in [5.41, 5.74) is 4.91. The van der Waals surface area contributed by atoms with Gasteiger partial charge in [-0.3, -0.25) is 38.3 Å². The van der Waals surface area contributed by atoms with E-state index in [9.17, 15) is 49.2 Å². The van der Waals surface area contributed by atoms with Crippen molar-refractivity contribution in [1.29, 1.82) is 0 Å². The van der Waals surface area contributed by atoms with Crippen molar-refractivity contribution in [3.63, 3.8) is 0 Å². The fraction of sp³-hybridized carbons (Fsp3) is 0.600. The number of carbonyl (C=O) groups excluding carboxylic acids is 2. The van der Waals surface area contributed by atoms with Gasteiger partial charge in [-0.2, -0.15) is 0 Å². The Balaban J connectivity index is 0.000000287. The van der Waals surface area contributed by atoms with Crippen LogP contribution in [0.25, 0.3) is 10.4 Å². The van der Waals surface area contributed by atoms with Crippen molar-refractivity contribution < 1.29 is 49.7 Å². The number of ether oxygens (including phenoxy) is 2. The lowest BCUT2D eigenvalue weighted by molar-refractivity contribution is -0.122. The summed E-state index contributed by atoms with van der Waals surface area (Å²) in [6.45, 7) is -0.537. The molecular formula is C30H41N9O14. The van der Waals surface area contributed by atoms with Crippen molar-refractivity contribution in [3.8, 4) is 12.3 Å². The van der Waals surface area contributed by atoms with Crippen LogP contribution < -0.4 is 33.1 Å². The monoisotopic (exact) mass is 751 g/mol. The normalized spacial score (nSPS) is 24.7. The molecule has 8 atom stereocenters. The lowest BCUT2D eigenvalue weighted by atomic mass is 10.0. The average molecular weight is 752 g/mol. The van der Waals surface area contributed by atoms with E-state index < -0.39 is 84.5 Å². The van der Waals surface area contributed by atoms with Gasteiger partial charge in [-0.1, -0.05) is 11.0 Å². The van der Waals surface area contributed by atoms with Crippen molar-refractivity contribution in [2.75, 3.05) is 32.8 Å². The fourth-order valence-electron chi connectivity index (χ4n) is 5.30. The number of aromatic nitrogens is 4. The van der Waals surface area contributed by atoms with Gasteiger partial charge in [0.15, 0.2) is 0 Å². The molecule has 4 rings (SSSR count). The summed E-state index contributed by atoms with van der Waals surface area (Å²) in [5, 5.41) is 66.3. The molecule has 23 nitrogen and oxygen atoms in total. The Morgan fingerprint density at radius 1 is 0.830 bits per heavy atom. The number of nitrogens with one attached hydrogen (secondary N) is 4. The fourth-order valence-corrected chi connectivity index (χ4v) is 5.30. The van der Waals surface area contributed by atoms with Crippen molar-refractivity contribution >= 4 is 11.8 Å². The molecule has 2 aromatic heterocycles. The lowest BCUT2D eigenvalue weighted by Crippen LogP contribution is -2.36. The number of aliphatic hydroxyl groups is 6. The summed E-state index contributed by atoms with van der Waals surface area (Å²) in [6.07, 6.45) is -2.47. The number of carbonyl (C=O) groups is 2. The van der Waals surface area contributed by atoms with E-state index in [1.807, 2.05) is 0 Å². The van der Waals surface area contributed by atoms with Crippen molar-refractivity contribution in [3.05, 3.63) is 75.6 Å². The highest BCUT2D eigenvalue weighted by atomic mass is 16.6. The quantitative estimate of drug-likeness (QED) is 0.0267. The molecule has 2 saturated heterocycles. The van der Waals surface area contributed by atoms with E-state index >= 15 is 0 Å². The first kappa shape index (κ1) is 42.3. The second-order valence-corrected chi connectivity index (χ2v) is 11.7. The Labute approximate surface area is 298 Å². The van der Waals surface area contributed by atoms with Gasteiger partial charge in [0.1, 0.15) is 48.8 Å². The van der Waals surface area contributed by atoms with Crippen LogP contribution >= 0.6 is 0 Å². The molecule has 2 fully saturated rings. The van der Waals surface area contributed by atoms with Gasteiger partial charge in [-0.05, 0) is 12.0 Å². The molecule has 0 aromatic carbocycles. The van der Waals surface area contributed by atoms with E-state index in [0.29, 0.717) is 13.0 Å². The molecule has 2 aromatic rings. The number of amides is 2. The zero-order chi connectivity index (χ0) is 39.2. The van der Waals surface area contributed by atoms with E-state index in [0.717, 1.165) is 21.5 Å². The molecule has 53 heavy (non-hydrogen) atoms. The third kappa shape index (κ3) is 11.2. The van der Waals surface area contributed by atoms with Crippen LogP contribution in [0.15, 0.2) is 36.7 Å². The van der Waals surface area contributed by atoms with Gasteiger partial charge < -0.3 is 50.7 Å². The van der Waals surface area contributed by atoms with Gasteiger partial charge in [0, 0.05) is 56.3 Å². The average Bonchev–Trinajstić information content (AvgIpc) is 3.58. The molecule has 2 unspecified atom stereocenters. The predicted octanol–water partition coefficient (Wildman–Crippen LogP) is -5.27. The third-order valence-electron chi connectivity index (χ3n) is 8.14. The number of hydrogen-bond acceptors (Lipinski definition) is 15. The van der Waals surface area contributed by atoms with E-state index in [1.54, 1.807) is 0 Å². The Kier molecular flexibility index (Phi) is 16.1. The smallest absolute Gasteiger partial charge is 0.328 e. The first-order chi connectivity index (χ1) is 25.3. The molecule has 0 radical (unpaired) electrons. The van der Waals surface area contributed by atoms with Crippen LogP contribution in [0.4, 0.5) is 0 Å². The van der Waals surface area contributed by atoms with Gasteiger partial charge >= 0.3 is 11.4 Å². The van der Waals surface area contributed by atoms with Gasteiger partial charge in [-0.15, -0.1) is 6.42 Å². The van der Waals surface area contributed by atoms with Crippen LogP contribution in [0.1, 0.15) is 42.6 Å². The molecule has 0 bridgehead atoms. The standard InChI is InChI=1S/C15H22N6O7.C15H19N3O7/c16-20-18-4-1-3-17-10(23)2-5-21-6-8(14(26)19-15(21)27)13-12(25)11(24)9(7-22)28-13;1-2-4-16-10(20)3-5-18-6-8(14(23)17-15(18)24)13-12(22)11(21)9(7-19)25-13/h6,9,11-13,22,24-25H,1-5,7H2,(H,17,23)(H,19,26,27);1,6,9,11-13,19,21-22H,3-5,7H2,(H,16,20)(H,17,23,24)/t2*9-,11+,12?,13+/m11/s1. The molecule has 2 aliphatic rings. The molecule has 23 heteroatoms. The molecule has 0 saturated carbocycles. The van der Waals surface area contributed by atoms with Gasteiger partial charge in [0.2, 0.25) is 11.8 Å². The topological polar surface area (TPSA) is 357 Å². The summed E-state index contributed by atoms with van der Waals surface area (Å²) in [5.74, 6) is 1.53. The zero-order valence-corrected chi connectivity index (χ0v) is 28.1. The highest BCUT2D eigenvalue weighted by Crippen LogP contribution is 2.32. The highest BCUT2D eigenvalue weighted by molar-refractivity contribution is 5.76. The van der Waals surface area contributed by atoms with Crippen LogP contribution in [0.3, 0.4) is 0 Å². The van der Waals surface area contributed by atoms with Crippen molar-refractivity contribution in [2.45, 2.75) is 81.2 Å². The number of terminal acetylenes is 1. The second-order valence-electron chi connectivity index (χ2n) is 11.7. The maximum atomic E-state index is 12.1. The van der Waals surface area contributed by atoms with Crippen LogP contribution in [-0.4, -0.2) is 131 Å². The number of rotatable bonds is 15. The number of hydrogen-bond donors (Lipinski definition) is 10. The number of azide groups is 1. The van der Waals surface area contributed by atoms with Crippen LogP contribution in [0.2, 0.25) is 0 Å². The molecule has 0 aliphatic carbocycles. The first-order valence-electron chi connectivity index (χ1n) is 16.2. The molecule has 2 aliphatic heterocycles. The SMILES string of the molecule is C#CCNC(=O)CCn1cc([C@@H]2O[C@H](CO)[C@H](O)C2O)c(=O)[nH]c1=O.[N-]=[N+]=NCCCNC(=O)CCn1cc([C@@H]2O[C@H](CO)[C@H](O)C2O)c(=O)[nH]c1=O.